The predicted molar refractivity (Wildman–Crippen MR) is 56.7 cm³/mol. The topological polar surface area (TPSA) is 94.8 Å². The lowest BCUT2D eigenvalue weighted by Gasteiger charge is -2.03. The highest BCUT2D eigenvalue weighted by Gasteiger charge is 2.12. The van der Waals surface area contributed by atoms with E-state index in [1.165, 1.54) is 0 Å². The fourth-order valence-electron chi connectivity index (χ4n) is 0.968. The maximum Gasteiger partial charge on any atom is 0.354 e. The van der Waals surface area contributed by atoms with Crippen molar-refractivity contribution in [3.63, 3.8) is 0 Å². The van der Waals surface area contributed by atoms with Crippen LogP contribution in [0.4, 0.5) is 5.82 Å². The summed E-state index contributed by atoms with van der Waals surface area (Å²) < 4.78 is 0.552. The summed E-state index contributed by atoms with van der Waals surface area (Å²) in [5.41, 5.74) is 2.17. The first-order valence-electron chi connectivity index (χ1n) is 3.89. The SMILES string of the molecule is Cc1cc(Br)c(N=CNO)nc1C(=O)O. The van der Waals surface area contributed by atoms with Gasteiger partial charge in [0.05, 0.1) is 4.47 Å². The summed E-state index contributed by atoms with van der Waals surface area (Å²) in [6.07, 6.45) is 0.994. The van der Waals surface area contributed by atoms with Gasteiger partial charge in [-0.25, -0.2) is 14.8 Å². The molecule has 0 amide bonds. The molecule has 0 atom stereocenters. The fraction of sp³-hybridized carbons (Fsp3) is 0.125. The highest BCUT2D eigenvalue weighted by atomic mass is 79.9. The molecule has 0 aromatic carbocycles. The van der Waals surface area contributed by atoms with Gasteiger partial charge in [-0.15, -0.1) is 0 Å². The Bertz CT molecular complexity index is 420. The van der Waals surface area contributed by atoms with Crippen LogP contribution in [-0.2, 0) is 0 Å². The van der Waals surface area contributed by atoms with E-state index >= 15 is 0 Å². The third-order valence-corrected chi connectivity index (χ3v) is 2.18. The molecule has 1 aromatic heterocycles. The van der Waals surface area contributed by atoms with Crippen LogP contribution in [0.2, 0.25) is 0 Å². The summed E-state index contributed by atoms with van der Waals surface area (Å²) in [5, 5.41) is 17.1. The molecule has 15 heavy (non-hydrogen) atoms. The number of halogens is 1. The quantitative estimate of drug-likeness (QED) is 0.441. The molecule has 0 aliphatic rings. The highest BCUT2D eigenvalue weighted by Crippen LogP contribution is 2.25. The van der Waals surface area contributed by atoms with Crippen LogP contribution in [-0.4, -0.2) is 27.6 Å². The van der Waals surface area contributed by atoms with Crippen LogP contribution in [0.3, 0.4) is 0 Å². The van der Waals surface area contributed by atoms with Crippen molar-refractivity contribution in [2.24, 2.45) is 4.99 Å². The molecular formula is C8H8BrN3O3. The van der Waals surface area contributed by atoms with E-state index in [1.54, 1.807) is 18.5 Å². The van der Waals surface area contributed by atoms with Gasteiger partial charge in [0, 0.05) is 0 Å². The predicted octanol–water partition coefficient (Wildman–Crippen LogP) is 1.49. The fourth-order valence-corrected chi connectivity index (χ4v) is 1.50. The molecule has 0 aliphatic heterocycles. The lowest BCUT2D eigenvalue weighted by Crippen LogP contribution is -2.05. The number of hydrogen-bond donors (Lipinski definition) is 3. The van der Waals surface area contributed by atoms with Crippen molar-refractivity contribution in [2.45, 2.75) is 6.92 Å². The number of aromatic nitrogens is 1. The van der Waals surface area contributed by atoms with Gasteiger partial charge in [0.2, 0.25) is 0 Å². The average Bonchev–Trinajstić information content (AvgIpc) is 2.16. The molecule has 0 aliphatic carbocycles. The first-order chi connectivity index (χ1) is 7.06. The normalized spacial score (nSPS) is 10.6. The zero-order valence-electron chi connectivity index (χ0n) is 7.73. The minimum Gasteiger partial charge on any atom is -0.477 e. The molecule has 0 saturated heterocycles. The summed E-state index contributed by atoms with van der Waals surface area (Å²) >= 11 is 3.18. The van der Waals surface area contributed by atoms with E-state index in [2.05, 4.69) is 25.9 Å². The third-order valence-electron chi connectivity index (χ3n) is 1.60. The summed E-state index contributed by atoms with van der Waals surface area (Å²) in [4.78, 5) is 18.3. The van der Waals surface area contributed by atoms with E-state index in [0.29, 0.717) is 10.0 Å². The van der Waals surface area contributed by atoms with Gasteiger partial charge < -0.3 is 5.11 Å². The van der Waals surface area contributed by atoms with E-state index in [4.69, 9.17) is 10.3 Å². The van der Waals surface area contributed by atoms with Crippen molar-refractivity contribution in [3.8, 4) is 0 Å². The Hall–Kier alpha value is -1.47. The second-order valence-corrected chi connectivity index (χ2v) is 3.51. The molecular weight excluding hydrogens is 266 g/mol. The number of rotatable bonds is 3. The number of hydrogen-bond acceptors (Lipinski definition) is 4. The summed E-state index contributed by atoms with van der Waals surface area (Å²) in [5.74, 6) is -0.937. The molecule has 0 spiro atoms. The maximum atomic E-state index is 10.8. The molecule has 1 heterocycles. The molecule has 6 nitrogen and oxygen atoms in total. The Morgan fingerprint density at radius 1 is 1.73 bits per heavy atom. The largest absolute Gasteiger partial charge is 0.477 e. The number of aliphatic imine (C=N–C) groups is 1. The second kappa shape index (κ2) is 4.85. The Labute approximate surface area is 93.8 Å². The van der Waals surface area contributed by atoms with Crippen LogP contribution in [0, 0.1) is 6.92 Å². The Morgan fingerprint density at radius 2 is 2.40 bits per heavy atom. The zero-order valence-corrected chi connectivity index (χ0v) is 9.32. The number of pyridine rings is 1. The molecule has 0 bridgehead atoms. The van der Waals surface area contributed by atoms with Crippen LogP contribution < -0.4 is 5.48 Å². The van der Waals surface area contributed by atoms with Gasteiger partial charge in [-0.3, -0.25) is 10.7 Å². The van der Waals surface area contributed by atoms with Crippen LogP contribution in [0.15, 0.2) is 15.5 Å². The lowest BCUT2D eigenvalue weighted by molar-refractivity contribution is 0.0689. The van der Waals surface area contributed by atoms with Gasteiger partial charge in [0.25, 0.3) is 0 Å². The van der Waals surface area contributed by atoms with Crippen LogP contribution in [0.5, 0.6) is 0 Å². The van der Waals surface area contributed by atoms with Gasteiger partial charge in [-0.2, -0.15) is 0 Å². The molecule has 0 unspecified atom stereocenters. The average molecular weight is 274 g/mol. The molecule has 7 heteroatoms. The highest BCUT2D eigenvalue weighted by molar-refractivity contribution is 9.10. The molecule has 0 radical (unpaired) electrons. The minimum atomic E-state index is -1.12. The second-order valence-electron chi connectivity index (χ2n) is 2.65. The Morgan fingerprint density at radius 3 is 2.93 bits per heavy atom. The van der Waals surface area contributed by atoms with E-state index in [0.717, 1.165) is 6.34 Å². The number of carboxylic acid groups (broad SMARTS) is 1. The number of nitrogens with zero attached hydrogens (tertiary/aromatic N) is 2. The Kier molecular flexibility index (Phi) is 3.75. The van der Waals surface area contributed by atoms with Crippen molar-refractivity contribution >= 4 is 34.1 Å². The molecule has 1 aromatic rings. The third kappa shape index (κ3) is 2.74. The van der Waals surface area contributed by atoms with Gasteiger partial charge in [0.1, 0.15) is 6.34 Å². The van der Waals surface area contributed by atoms with E-state index < -0.39 is 5.97 Å². The summed E-state index contributed by atoms with van der Waals surface area (Å²) in [6, 6.07) is 1.60. The van der Waals surface area contributed by atoms with Gasteiger partial charge in [0.15, 0.2) is 11.5 Å². The number of aromatic carboxylic acids is 1. The van der Waals surface area contributed by atoms with Crippen molar-refractivity contribution in [3.05, 3.63) is 21.8 Å². The number of nitrogens with one attached hydrogen (secondary N) is 1. The van der Waals surface area contributed by atoms with Gasteiger partial charge >= 0.3 is 5.97 Å². The number of aryl methyl sites for hydroxylation is 1. The Balaban J connectivity index is 3.23. The summed E-state index contributed by atoms with van der Waals surface area (Å²) in [7, 11) is 0. The molecule has 80 valence electrons. The zero-order chi connectivity index (χ0) is 11.4. The smallest absolute Gasteiger partial charge is 0.354 e. The van der Waals surface area contributed by atoms with Crippen LogP contribution in [0.25, 0.3) is 0 Å². The minimum absolute atomic E-state index is 0.0664. The number of carbonyl (C=O) groups is 1. The van der Waals surface area contributed by atoms with Crippen molar-refractivity contribution in [2.75, 3.05) is 0 Å². The number of hydroxylamine groups is 1. The summed E-state index contributed by atoms with van der Waals surface area (Å²) in [6.45, 7) is 1.64. The molecule has 3 N–H and O–H groups in total. The first-order valence-corrected chi connectivity index (χ1v) is 4.68. The van der Waals surface area contributed by atoms with E-state index in [-0.39, 0.29) is 11.5 Å². The van der Waals surface area contributed by atoms with E-state index in [1.807, 2.05) is 0 Å². The van der Waals surface area contributed by atoms with Gasteiger partial charge in [-0.1, -0.05) is 0 Å². The van der Waals surface area contributed by atoms with E-state index in [9.17, 15) is 4.79 Å². The monoisotopic (exact) mass is 273 g/mol. The van der Waals surface area contributed by atoms with Crippen molar-refractivity contribution in [1.29, 1.82) is 0 Å². The number of carboxylic acids is 1. The van der Waals surface area contributed by atoms with Crippen molar-refractivity contribution in [1.82, 2.24) is 10.5 Å². The maximum absolute atomic E-state index is 10.8. The van der Waals surface area contributed by atoms with Gasteiger partial charge in [-0.05, 0) is 34.5 Å². The molecule has 1 rings (SSSR count). The molecule has 0 fully saturated rings. The van der Waals surface area contributed by atoms with Crippen LogP contribution in [0.1, 0.15) is 16.1 Å². The first kappa shape index (κ1) is 11.6. The standard InChI is InChI=1S/C8H8BrN3O3/c1-4-2-5(9)7(10-3-11-15)12-6(4)8(13)14/h2-3,15H,1H3,(H,13,14)(H,10,11,12). The molecule has 0 saturated carbocycles. The lowest BCUT2D eigenvalue weighted by atomic mass is 10.2. The van der Waals surface area contributed by atoms with Crippen molar-refractivity contribution < 1.29 is 15.1 Å². The van der Waals surface area contributed by atoms with Crippen LogP contribution >= 0.6 is 15.9 Å².